The molecule has 1 aromatic heterocycles. The molecule has 2 aliphatic heterocycles. The van der Waals surface area contributed by atoms with Gasteiger partial charge in [-0.2, -0.15) is 0 Å². The lowest BCUT2D eigenvalue weighted by Crippen LogP contribution is -2.50. The molecule has 0 aliphatic carbocycles. The third-order valence-electron chi connectivity index (χ3n) is 6.03. The minimum absolute atomic E-state index is 0.0861. The van der Waals surface area contributed by atoms with Crippen LogP contribution < -0.4 is 10.1 Å². The average molecular weight is 518 g/mol. The largest absolute Gasteiger partial charge is 0.573 e. The minimum Gasteiger partial charge on any atom is -0.405 e. The van der Waals surface area contributed by atoms with Gasteiger partial charge in [0.1, 0.15) is 5.75 Å². The van der Waals surface area contributed by atoms with Crippen molar-refractivity contribution < 1.29 is 31.1 Å². The van der Waals surface area contributed by atoms with Crippen molar-refractivity contribution in [1.29, 1.82) is 0 Å². The van der Waals surface area contributed by atoms with E-state index in [0.29, 0.717) is 17.8 Å². The Kier molecular flexibility index (Phi) is 7.51. The van der Waals surface area contributed by atoms with Gasteiger partial charge in [-0.15, -0.1) is 24.5 Å². The highest BCUT2D eigenvalue weighted by molar-refractivity contribution is 7.91. The molecule has 0 spiro atoms. The quantitative estimate of drug-likeness (QED) is 0.609. The van der Waals surface area contributed by atoms with E-state index in [9.17, 15) is 26.4 Å². The molecule has 3 heterocycles. The van der Waals surface area contributed by atoms with Crippen molar-refractivity contribution in [2.24, 2.45) is 0 Å². The van der Waals surface area contributed by atoms with E-state index in [1.807, 2.05) is 6.07 Å². The minimum atomic E-state index is -4.80. The molecule has 1 atom stereocenters. The van der Waals surface area contributed by atoms with Crippen LogP contribution in [0.5, 0.6) is 5.75 Å². The van der Waals surface area contributed by atoms with Crippen LogP contribution in [0.3, 0.4) is 0 Å². The van der Waals surface area contributed by atoms with Crippen molar-refractivity contribution in [3.63, 3.8) is 0 Å². The molecule has 0 radical (unpaired) electrons. The number of amides is 1. The van der Waals surface area contributed by atoms with Gasteiger partial charge >= 0.3 is 6.36 Å². The number of piperazine rings is 1. The first-order valence-corrected chi connectivity index (χ1v) is 13.6. The van der Waals surface area contributed by atoms with Gasteiger partial charge in [-0.05, 0) is 24.6 Å². The Morgan fingerprint density at radius 2 is 1.85 bits per heavy atom. The molecule has 12 heteroatoms. The molecule has 2 saturated heterocycles. The van der Waals surface area contributed by atoms with Crippen molar-refractivity contribution in [3.05, 3.63) is 51.7 Å². The molecule has 0 bridgehead atoms. The molecule has 7 nitrogen and oxygen atoms in total. The van der Waals surface area contributed by atoms with Gasteiger partial charge in [0.05, 0.1) is 16.4 Å². The summed E-state index contributed by atoms with van der Waals surface area (Å²) in [6.45, 7) is 3.89. The Morgan fingerprint density at radius 3 is 2.53 bits per heavy atom. The second-order valence-corrected chi connectivity index (χ2v) is 11.9. The van der Waals surface area contributed by atoms with Crippen molar-refractivity contribution in [2.45, 2.75) is 31.9 Å². The molecule has 0 saturated carbocycles. The Morgan fingerprint density at radius 1 is 1.12 bits per heavy atom. The Hall–Kier alpha value is -2.15. The predicted molar refractivity (Wildman–Crippen MR) is 123 cm³/mol. The van der Waals surface area contributed by atoms with Crippen LogP contribution in [-0.4, -0.2) is 74.2 Å². The molecule has 1 N–H and O–H groups in total. The van der Waals surface area contributed by atoms with Crippen LogP contribution >= 0.6 is 11.3 Å². The number of nitrogens with zero attached hydrogens (tertiary/aromatic N) is 2. The highest BCUT2D eigenvalue weighted by Crippen LogP contribution is 2.27. The number of sulfone groups is 1. The number of halogens is 3. The SMILES string of the molecule is O=C(NCc1ccccc1OC(F)(F)F)c1ccc(CN2CCN(C3CCS(=O)(=O)C3)CC2)s1. The maximum atomic E-state index is 12.6. The zero-order chi connectivity index (χ0) is 24.3. The number of rotatable bonds is 7. The van der Waals surface area contributed by atoms with Gasteiger partial charge in [0, 0.05) is 55.8 Å². The van der Waals surface area contributed by atoms with Crippen molar-refractivity contribution in [3.8, 4) is 5.75 Å². The van der Waals surface area contributed by atoms with E-state index in [1.165, 1.54) is 29.5 Å². The Balaban J connectivity index is 1.26. The van der Waals surface area contributed by atoms with Gasteiger partial charge in [0.2, 0.25) is 0 Å². The van der Waals surface area contributed by atoms with Crippen LogP contribution in [0.25, 0.3) is 0 Å². The summed E-state index contributed by atoms with van der Waals surface area (Å²) in [6.07, 6.45) is -4.10. The lowest BCUT2D eigenvalue weighted by molar-refractivity contribution is -0.274. The number of hydrogen-bond acceptors (Lipinski definition) is 7. The summed E-state index contributed by atoms with van der Waals surface area (Å²) in [4.78, 5) is 18.6. The van der Waals surface area contributed by atoms with Crippen molar-refractivity contribution in [1.82, 2.24) is 15.1 Å². The van der Waals surface area contributed by atoms with Gasteiger partial charge in [0.15, 0.2) is 9.84 Å². The van der Waals surface area contributed by atoms with E-state index < -0.39 is 16.2 Å². The predicted octanol–water partition coefficient (Wildman–Crippen LogP) is 2.88. The van der Waals surface area contributed by atoms with Crippen LogP contribution in [0.2, 0.25) is 0 Å². The summed E-state index contributed by atoms with van der Waals surface area (Å²) in [5.74, 6) is -0.163. The summed E-state index contributed by atoms with van der Waals surface area (Å²) < 4.78 is 65.2. The second-order valence-electron chi connectivity index (χ2n) is 8.47. The number of thiophene rings is 1. The number of alkyl halides is 3. The van der Waals surface area contributed by atoms with Gasteiger partial charge < -0.3 is 10.1 Å². The molecule has 1 aromatic carbocycles. The molecule has 1 unspecified atom stereocenters. The van der Waals surface area contributed by atoms with Gasteiger partial charge in [-0.25, -0.2) is 8.42 Å². The number of carbonyl (C=O) groups is 1. The van der Waals surface area contributed by atoms with Crippen LogP contribution in [0.1, 0.15) is 26.5 Å². The highest BCUT2D eigenvalue weighted by atomic mass is 32.2. The van der Waals surface area contributed by atoms with Crippen LogP contribution in [-0.2, 0) is 22.9 Å². The number of ether oxygens (including phenoxy) is 1. The van der Waals surface area contributed by atoms with Gasteiger partial charge in [-0.1, -0.05) is 18.2 Å². The number of hydrogen-bond donors (Lipinski definition) is 1. The Bertz CT molecular complexity index is 1110. The Labute approximate surface area is 200 Å². The number of benzene rings is 1. The van der Waals surface area contributed by atoms with E-state index >= 15 is 0 Å². The topological polar surface area (TPSA) is 79.0 Å². The van der Waals surface area contributed by atoms with Crippen LogP contribution in [0, 0.1) is 0 Å². The molecule has 2 aromatic rings. The fraction of sp³-hybridized carbons (Fsp3) is 0.500. The lowest BCUT2D eigenvalue weighted by Gasteiger charge is -2.37. The third kappa shape index (κ3) is 6.71. The van der Waals surface area contributed by atoms with E-state index in [0.717, 1.165) is 31.1 Å². The first-order chi connectivity index (χ1) is 16.1. The average Bonchev–Trinajstić information content (AvgIpc) is 3.38. The summed E-state index contributed by atoms with van der Waals surface area (Å²) in [7, 11) is -2.89. The van der Waals surface area contributed by atoms with Crippen LogP contribution in [0.15, 0.2) is 36.4 Å². The molecular formula is C22H26F3N3O4S2. The maximum absolute atomic E-state index is 12.6. The first kappa shape index (κ1) is 25.0. The normalized spacial score (nSPS) is 21.4. The highest BCUT2D eigenvalue weighted by Gasteiger charge is 2.34. The third-order valence-corrected chi connectivity index (χ3v) is 8.85. The summed E-state index contributed by atoms with van der Waals surface area (Å²) in [6, 6.07) is 9.43. The van der Waals surface area contributed by atoms with Gasteiger partial charge in [0.25, 0.3) is 5.91 Å². The zero-order valence-electron chi connectivity index (χ0n) is 18.4. The molecule has 1 amide bonds. The van der Waals surface area contributed by atoms with E-state index in [4.69, 9.17) is 0 Å². The van der Waals surface area contributed by atoms with Gasteiger partial charge in [-0.3, -0.25) is 14.6 Å². The number of nitrogens with one attached hydrogen (secondary N) is 1. The second kappa shape index (κ2) is 10.2. The van der Waals surface area contributed by atoms with Crippen molar-refractivity contribution >= 4 is 27.1 Å². The molecule has 2 fully saturated rings. The summed E-state index contributed by atoms with van der Waals surface area (Å²) >= 11 is 1.35. The fourth-order valence-electron chi connectivity index (χ4n) is 4.29. The standard InChI is InChI=1S/C22H26F3N3O4S2/c23-22(24,25)32-19-4-2-1-3-16(19)13-26-21(29)20-6-5-18(33-20)14-27-8-10-28(11-9-27)17-7-12-34(30,31)15-17/h1-6,17H,7-15H2,(H,26,29). The van der Waals surface area contributed by atoms with E-state index in [2.05, 4.69) is 19.9 Å². The van der Waals surface area contributed by atoms with Crippen molar-refractivity contribution in [2.75, 3.05) is 37.7 Å². The van der Waals surface area contributed by atoms with E-state index in [-0.39, 0.29) is 41.3 Å². The number of carbonyl (C=O) groups excluding carboxylic acids is 1. The summed E-state index contributed by atoms with van der Waals surface area (Å²) in [5.41, 5.74) is 0.234. The molecular weight excluding hydrogens is 491 g/mol. The first-order valence-electron chi connectivity index (χ1n) is 11.0. The smallest absolute Gasteiger partial charge is 0.405 e. The molecule has 186 valence electrons. The fourth-order valence-corrected chi connectivity index (χ4v) is 7.02. The number of para-hydroxylation sites is 1. The lowest BCUT2D eigenvalue weighted by atomic mass is 10.2. The van der Waals surface area contributed by atoms with E-state index in [1.54, 1.807) is 12.1 Å². The van der Waals surface area contributed by atoms with Crippen LogP contribution in [0.4, 0.5) is 13.2 Å². The maximum Gasteiger partial charge on any atom is 0.573 e. The summed E-state index contributed by atoms with van der Waals surface area (Å²) in [5, 5.41) is 2.66. The zero-order valence-corrected chi connectivity index (χ0v) is 20.0. The molecule has 4 rings (SSSR count). The monoisotopic (exact) mass is 517 g/mol. The molecule has 34 heavy (non-hydrogen) atoms. The molecule has 2 aliphatic rings.